The van der Waals surface area contributed by atoms with E-state index in [1.54, 1.807) is 39.3 Å². The van der Waals surface area contributed by atoms with Crippen molar-refractivity contribution in [1.82, 2.24) is 20.1 Å². The summed E-state index contributed by atoms with van der Waals surface area (Å²) in [6, 6.07) is 6.11. The Kier molecular flexibility index (Phi) is 7.40. The van der Waals surface area contributed by atoms with E-state index in [9.17, 15) is 9.18 Å². The van der Waals surface area contributed by atoms with E-state index >= 15 is 0 Å². The molecule has 142 valence electrons. The van der Waals surface area contributed by atoms with E-state index in [1.165, 1.54) is 17.8 Å². The zero-order chi connectivity index (χ0) is 19.1. The first-order valence-corrected chi connectivity index (χ1v) is 9.04. The molecule has 0 aliphatic carbocycles. The van der Waals surface area contributed by atoms with Gasteiger partial charge in [0.2, 0.25) is 5.91 Å². The largest absolute Gasteiger partial charge is 0.483 e. The number of benzene rings is 1. The number of carbonyl (C=O) groups is 1. The summed E-state index contributed by atoms with van der Waals surface area (Å²) >= 11 is 1.29. The van der Waals surface area contributed by atoms with Crippen molar-refractivity contribution in [3.63, 3.8) is 0 Å². The molecule has 1 amide bonds. The zero-order valence-corrected chi connectivity index (χ0v) is 16.0. The van der Waals surface area contributed by atoms with Crippen LogP contribution in [0.15, 0.2) is 29.4 Å². The molecular formula is C17H23FN4O3S. The molecule has 26 heavy (non-hydrogen) atoms. The molecule has 2 aromatic rings. The normalized spacial score (nSPS) is 13.3. The number of ether oxygens (including phenoxy) is 2. The van der Waals surface area contributed by atoms with E-state index in [2.05, 4.69) is 15.5 Å². The molecule has 0 bridgehead atoms. The number of nitrogens with one attached hydrogen (secondary N) is 1. The minimum Gasteiger partial charge on any atom is -0.483 e. The number of rotatable bonds is 9. The van der Waals surface area contributed by atoms with Crippen LogP contribution >= 0.6 is 11.8 Å². The highest BCUT2D eigenvalue weighted by Gasteiger charge is 2.22. The monoisotopic (exact) mass is 382 g/mol. The fourth-order valence-corrected chi connectivity index (χ4v) is 3.39. The van der Waals surface area contributed by atoms with Crippen LogP contribution in [0, 0.1) is 5.82 Å². The maximum atomic E-state index is 13.7. The Balaban J connectivity index is 2.22. The first-order chi connectivity index (χ1) is 12.5. The second kappa shape index (κ2) is 9.54. The number of amides is 1. The van der Waals surface area contributed by atoms with Crippen molar-refractivity contribution in [2.45, 2.75) is 36.9 Å². The molecule has 1 aromatic heterocycles. The SMILES string of the molecule is CNC(=O)[C@@H](C)Sc1nnc(COc2ccccc2F)n1[C@@H](C)COC. The highest BCUT2D eigenvalue weighted by atomic mass is 32.2. The lowest BCUT2D eigenvalue weighted by Gasteiger charge is -2.18. The maximum Gasteiger partial charge on any atom is 0.233 e. The molecule has 7 nitrogen and oxygen atoms in total. The average Bonchev–Trinajstić information content (AvgIpc) is 3.03. The summed E-state index contributed by atoms with van der Waals surface area (Å²) < 4.78 is 26.4. The Morgan fingerprint density at radius 2 is 2.08 bits per heavy atom. The molecule has 1 heterocycles. The topological polar surface area (TPSA) is 78.3 Å². The van der Waals surface area contributed by atoms with Crippen LogP contribution in [0.2, 0.25) is 0 Å². The number of nitrogens with zero attached hydrogens (tertiary/aromatic N) is 3. The molecule has 9 heteroatoms. The quantitative estimate of drug-likeness (QED) is 0.671. The van der Waals surface area contributed by atoms with Gasteiger partial charge in [0.15, 0.2) is 22.5 Å². The van der Waals surface area contributed by atoms with Crippen LogP contribution in [-0.4, -0.2) is 46.7 Å². The second-order valence-electron chi connectivity index (χ2n) is 5.67. The smallest absolute Gasteiger partial charge is 0.233 e. The van der Waals surface area contributed by atoms with Crippen LogP contribution in [0.1, 0.15) is 25.7 Å². The average molecular weight is 382 g/mol. The molecule has 0 saturated carbocycles. The maximum absolute atomic E-state index is 13.7. The van der Waals surface area contributed by atoms with E-state index in [1.807, 2.05) is 11.5 Å². The number of aromatic nitrogens is 3. The van der Waals surface area contributed by atoms with Crippen molar-refractivity contribution in [2.24, 2.45) is 0 Å². The minimum atomic E-state index is -0.439. The van der Waals surface area contributed by atoms with Gasteiger partial charge in [0.25, 0.3) is 0 Å². The van der Waals surface area contributed by atoms with E-state index in [4.69, 9.17) is 9.47 Å². The number of hydrogen-bond donors (Lipinski definition) is 1. The molecule has 1 aromatic carbocycles. The van der Waals surface area contributed by atoms with Gasteiger partial charge in [-0.05, 0) is 26.0 Å². The van der Waals surface area contributed by atoms with Crippen LogP contribution in [0.4, 0.5) is 4.39 Å². The van der Waals surface area contributed by atoms with Crippen LogP contribution in [-0.2, 0) is 16.1 Å². The predicted molar refractivity (Wildman–Crippen MR) is 96.7 cm³/mol. The highest BCUT2D eigenvalue weighted by molar-refractivity contribution is 8.00. The molecule has 0 saturated heterocycles. The standard InChI is InChI=1S/C17H23FN4O3S/c1-11(9-24-4)22-15(10-25-14-8-6-5-7-13(14)18)20-21-17(22)26-12(2)16(23)19-3/h5-8,11-12H,9-10H2,1-4H3,(H,19,23)/t11-,12+/m0/s1. The van der Waals surface area contributed by atoms with Crippen molar-refractivity contribution in [1.29, 1.82) is 0 Å². The first-order valence-electron chi connectivity index (χ1n) is 8.16. The van der Waals surface area contributed by atoms with Gasteiger partial charge in [-0.1, -0.05) is 23.9 Å². The zero-order valence-electron chi connectivity index (χ0n) is 15.2. The number of para-hydroxylation sites is 1. The van der Waals surface area contributed by atoms with Crippen molar-refractivity contribution >= 4 is 17.7 Å². The summed E-state index contributed by atoms with van der Waals surface area (Å²) in [6.07, 6.45) is 0. The summed E-state index contributed by atoms with van der Waals surface area (Å²) in [4.78, 5) is 11.8. The second-order valence-corrected chi connectivity index (χ2v) is 6.97. The predicted octanol–water partition coefficient (Wildman–Crippen LogP) is 2.43. The van der Waals surface area contributed by atoms with Crippen LogP contribution in [0.3, 0.4) is 0 Å². The lowest BCUT2D eigenvalue weighted by molar-refractivity contribution is -0.119. The third-order valence-corrected chi connectivity index (χ3v) is 4.73. The fraction of sp³-hybridized carbons (Fsp3) is 0.471. The van der Waals surface area contributed by atoms with Gasteiger partial charge in [-0.2, -0.15) is 0 Å². The van der Waals surface area contributed by atoms with Gasteiger partial charge < -0.3 is 14.8 Å². The van der Waals surface area contributed by atoms with Gasteiger partial charge >= 0.3 is 0 Å². The van der Waals surface area contributed by atoms with E-state index < -0.39 is 5.82 Å². The number of methoxy groups -OCH3 is 1. The lowest BCUT2D eigenvalue weighted by Crippen LogP contribution is -2.27. The Hall–Kier alpha value is -2.13. The Bertz CT molecular complexity index is 741. The summed E-state index contributed by atoms with van der Waals surface area (Å²) in [6.45, 7) is 4.23. The summed E-state index contributed by atoms with van der Waals surface area (Å²) in [5, 5.41) is 11.2. The van der Waals surface area contributed by atoms with Gasteiger partial charge in [-0.3, -0.25) is 9.36 Å². The molecule has 0 unspecified atom stereocenters. The molecule has 0 spiro atoms. The van der Waals surface area contributed by atoms with Gasteiger partial charge in [0.1, 0.15) is 6.61 Å². The molecular weight excluding hydrogens is 359 g/mol. The molecule has 0 fully saturated rings. The minimum absolute atomic E-state index is 0.0525. The van der Waals surface area contributed by atoms with Crippen LogP contribution < -0.4 is 10.1 Å². The third-order valence-electron chi connectivity index (χ3n) is 3.68. The molecule has 0 aliphatic heterocycles. The van der Waals surface area contributed by atoms with Gasteiger partial charge in [-0.25, -0.2) is 4.39 Å². The molecule has 2 atom stereocenters. The number of carbonyl (C=O) groups excluding carboxylic acids is 1. The molecule has 1 N–H and O–H groups in total. The third kappa shape index (κ3) is 4.95. The van der Waals surface area contributed by atoms with Gasteiger partial charge in [0, 0.05) is 14.2 Å². The van der Waals surface area contributed by atoms with E-state index in [0.29, 0.717) is 17.6 Å². The molecule has 0 radical (unpaired) electrons. The summed E-state index contributed by atoms with van der Waals surface area (Å²) in [5.74, 6) is 0.137. The Morgan fingerprint density at radius 1 is 1.35 bits per heavy atom. The number of halogens is 1. The Labute approximate surface area is 156 Å². The van der Waals surface area contributed by atoms with Gasteiger partial charge in [0.05, 0.1) is 17.9 Å². The molecule has 2 rings (SSSR count). The van der Waals surface area contributed by atoms with Crippen molar-refractivity contribution < 1.29 is 18.7 Å². The number of thioether (sulfide) groups is 1. The number of hydrogen-bond acceptors (Lipinski definition) is 6. The van der Waals surface area contributed by atoms with Gasteiger partial charge in [-0.15, -0.1) is 10.2 Å². The molecule has 0 aliphatic rings. The van der Waals surface area contributed by atoms with E-state index in [-0.39, 0.29) is 29.6 Å². The van der Waals surface area contributed by atoms with Crippen LogP contribution in [0.25, 0.3) is 0 Å². The lowest BCUT2D eigenvalue weighted by atomic mass is 10.3. The summed E-state index contributed by atoms with van der Waals surface area (Å²) in [7, 11) is 3.20. The summed E-state index contributed by atoms with van der Waals surface area (Å²) in [5.41, 5.74) is 0. The van der Waals surface area contributed by atoms with Crippen molar-refractivity contribution in [2.75, 3.05) is 20.8 Å². The van der Waals surface area contributed by atoms with Crippen molar-refractivity contribution in [3.8, 4) is 5.75 Å². The first kappa shape index (κ1) is 20.2. The van der Waals surface area contributed by atoms with Crippen molar-refractivity contribution in [3.05, 3.63) is 35.9 Å². The highest BCUT2D eigenvalue weighted by Crippen LogP contribution is 2.26. The van der Waals surface area contributed by atoms with E-state index in [0.717, 1.165) is 0 Å². The van der Waals surface area contributed by atoms with Crippen LogP contribution in [0.5, 0.6) is 5.75 Å². The Morgan fingerprint density at radius 3 is 2.73 bits per heavy atom. The fourth-order valence-electron chi connectivity index (χ4n) is 2.36.